The van der Waals surface area contributed by atoms with E-state index in [0.29, 0.717) is 28.4 Å². The van der Waals surface area contributed by atoms with Gasteiger partial charge in [0.25, 0.3) is 5.91 Å². The van der Waals surface area contributed by atoms with E-state index in [4.69, 9.17) is 16.3 Å². The van der Waals surface area contributed by atoms with Gasteiger partial charge in [-0.15, -0.1) is 0 Å². The van der Waals surface area contributed by atoms with Crippen molar-refractivity contribution < 1.29 is 9.53 Å². The maximum absolute atomic E-state index is 12.8. The molecule has 26 heavy (non-hydrogen) atoms. The number of rotatable bonds is 5. The highest BCUT2D eigenvalue weighted by Crippen LogP contribution is 2.24. The van der Waals surface area contributed by atoms with Gasteiger partial charge in [0.05, 0.1) is 17.6 Å². The Kier molecular flexibility index (Phi) is 5.38. The highest BCUT2D eigenvalue weighted by atomic mass is 35.5. The van der Waals surface area contributed by atoms with Gasteiger partial charge in [0.1, 0.15) is 0 Å². The summed E-state index contributed by atoms with van der Waals surface area (Å²) in [5, 5.41) is 3.34. The fourth-order valence-corrected chi connectivity index (χ4v) is 2.69. The van der Waals surface area contributed by atoms with Crippen molar-refractivity contribution in [1.82, 2.24) is 9.97 Å². The molecule has 0 unspecified atom stereocenters. The van der Waals surface area contributed by atoms with Gasteiger partial charge in [-0.25, -0.2) is 9.97 Å². The molecule has 0 saturated heterocycles. The first-order valence-corrected chi connectivity index (χ1v) is 8.84. The molecule has 0 saturated carbocycles. The molecule has 1 N–H and O–H groups in total. The first-order chi connectivity index (χ1) is 12.5. The second kappa shape index (κ2) is 7.70. The highest BCUT2D eigenvalue weighted by Gasteiger charge is 2.19. The number of anilines is 1. The van der Waals surface area contributed by atoms with Crippen LogP contribution in [0.25, 0.3) is 11.0 Å². The van der Waals surface area contributed by atoms with Crippen LogP contribution in [-0.2, 0) is 0 Å². The molecular formula is C20H20ClN3O2. The van der Waals surface area contributed by atoms with Crippen molar-refractivity contribution in [1.29, 1.82) is 0 Å². The maximum atomic E-state index is 12.8. The van der Waals surface area contributed by atoms with Crippen LogP contribution >= 0.6 is 11.6 Å². The van der Waals surface area contributed by atoms with E-state index in [1.807, 2.05) is 32.9 Å². The number of hydrogen-bond donors (Lipinski definition) is 1. The smallest absolute Gasteiger partial charge is 0.279 e. The first kappa shape index (κ1) is 18.1. The molecule has 0 bridgehead atoms. The van der Waals surface area contributed by atoms with E-state index in [0.717, 1.165) is 17.5 Å². The van der Waals surface area contributed by atoms with Crippen LogP contribution < -0.4 is 10.1 Å². The number of benzene rings is 2. The Morgan fingerprint density at radius 2 is 1.81 bits per heavy atom. The second-order valence-electron chi connectivity index (χ2n) is 6.12. The van der Waals surface area contributed by atoms with Crippen molar-refractivity contribution in [2.75, 3.05) is 11.9 Å². The molecule has 0 atom stereocenters. The number of halogens is 1. The van der Waals surface area contributed by atoms with Crippen molar-refractivity contribution >= 4 is 34.2 Å². The molecule has 2 aromatic carbocycles. The SMILES string of the molecule is CCCOc1nc2cc(C)c(C)cc2nc1C(=O)Nc1cccc(Cl)c1. The molecule has 3 aromatic rings. The normalized spacial score (nSPS) is 10.8. The van der Waals surface area contributed by atoms with Gasteiger partial charge in [-0.3, -0.25) is 4.79 Å². The molecule has 134 valence electrons. The van der Waals surface area contributed by atoms with E-state index in [1.165, 1.54) is 0 Å². The van der Waals surface area contributed by atoms with E-state index in [9.17, 15) is 4.79 Å². The predicted octanol–water partition coefficient (Wildman–Crippen LogP) is 4.94. The van der Waals surface area contributed by atoms with Crippen molar-refractivity contribution in [3.05, 3.63) is 58.2 Å². The minimum Gasteiger partial charge on any atom is -0.476 e. The number of amides is 1. The number of hydrogen-bond acceptors (Lipinski definition) is 4. The Balaban J connectivity index is 2.03. The number of aromatic nitrogens is 2. The summed E-state index contributed by atoms with van der Waals surface area (Å²) >= 11 is 5.98. The van der Waals surface area contributed by atoms with Crippen LogP contribution in [0.4, 0.5) is 5.69 Å². The van der Waals surface area contributed by atoms with Crippen LogP contribution in [0.3, 0.4) is 0 Å². The fourth-order valence-electron chi connectivity index (χ4n) is 2.50. The summed E-state index contributed by atoms with van der Waals surface area (Å²) in [5.74, 6) is -0.145. The molecule has 0 spiro atoms. The molecule has 5 nitrogen and oxygen atoms in total. The van der Waals surface area contributed by atoms with E-state index < -0.39 is 0 Å². The lowest BCUT2D eigenvalue weighted by molar-refractivity contribution is 0.101. The number of nitrogens with one attached hydrogen (secondary N) is 1. The largest absolute Gasteiger partial charge is 0.476 e. The number of ether oxygens (including phenoxy) is 1. The van der Waals surface area contributed by atoms with Gasteiger partial charge in [0.15, 0.2) is 5.69 Å². The van der Waals surface area contributed by atoms with E-state index in [-0.39, 0.29) is 17.5 Å². The minimum absolute atomic E-state index is 0.161. The summed E-state index contributed by atoms with van der Waals surface area (Å²) < 4.78 is 5.69. The zero-order chi connectivity index (χ0) is 18.7. The lowest BCUT2D eigenvalue weighted by atomic mass is 10.1. The van der Waals surface area contributed by atoms with Gasteiger partial charge in [-0.05, 0) is 61.7 Å². The summed E-state index contributed by atoms with van der Waals surface area (Å²) in [6.07, 6.45) is 0.808. The summed E-state index contributed by atoms with van der Waals surface area (Å²) in [4.78, 5) is 21.8. The van der Waals surface area contributed by atoms with Gasteiger partial charge in [-0.1, -0.05) is 24.6 Å². The van der Waals surface area contributed by atoms with Gasteiger partial charge in [0.2, 0.25) is 5.88 Å². The summed E-state index contributed by atoms with van der Waals surface area (Å²) in [6, 6.07) is 10.8. The highest BCUT2D eigenvalue weighted by molar-refractivity contribution is 6.31. The molecule has 1 heterocycles. The number of fused-ring (bicyclic) bond motifs is 1. The zero-order valence-electron chi connectivity index (χ0n) is 15.0. The lowest BCUT2D eigenvalue weighted by Crippen LogP contribution is -2.17. The van der Waals surface area contributed by atoms with Gasteiger partial charge < -0.3 is 10.1 Å². The van der Waals surface area contributed by atoms with Crippen LogP contribution in [0, 0.1) is 13.8 Å². The molecule has 0 radical (unpaired) electrons. The molecular weight excluding hydrogens is 350 g/mol. The Bertz CT molecular complexity index is 973. The van der Waals surface area contributed by atoms with Crippen molar-refractivity contribution in [3.63, 3.8) is 0 Å². The van der Waals surface area contributed by atoms with Gasteiger partial charge in [0, 0.05) is 10.7 Å². The van der Waals surface area contributed by atoms with Crippen LogP contribution in [-0.4, -0.2) is 22.5 Å². The maximum Gasteiger partial charge on any atom is 0.279 e. The van der Waals surface area contributed by atoms with Crippen LogP contribution in [0.1, 0.15) is 35.0 Å². The Morgan fingerprint density at radius 1 is 1.12 bits per heavy atom. The standard InChI is InChI=1S/C20H20ClN3O2/c1-4-8-26-20-18(19(25)22-15-7-5-6-14(21)11-15)23-16-9-12(2)13(3)10-17(16)24-20/h5-7,9-11H,4,8H2,1-3H3,(H,22,25). The second-order valence-corrected chi connectivity index (χ2v) is 6.55. The van der Waals surface area contributed by atoms with Crippen LogP contribution in [0.15, 0.2) is 36.4 Å². The van der Waals surface area contributed by atoms with Crippen molar-refractivity contribution in [2.24, 2.45) is 0 Å². The van der Waals surface area contributed by atoms with Crippen molar-refractivity contribution in [3.8, 4) is 5.88 Å². The average Bonchev–Trinajstić information content (AvgIpc) is 2.60. The summed E-state index contributed by atoms with van der Waals surface area (Å²) in [7, 11) is 0. The number of aryl methyl sites for hydroxylation is 2. The zero-order valence-corrected chi connectivity index (χ0v) is 15.7. The lowest BCUT2D eigenvalue weighted by Gasteiger charge is -2.12. The molecule has 6 heteroatoms. The third-order valence-electron chi connectivity index (χ3n) is 3.99. The fraction of sp³-hybridized carbons (Fsp3) is 0.250. The predicted molar refractivity (Wildman–Crippen MR) is 104 cm³/mol. The van der Waals surface area contributed by atoms with Gasteiger partial charge in [-0.2, -0.15) is 0 Å². The number of carbonyl (C=O) groups excluding carboxylic acids is 1. The molecule has 3 rings (SSSR count). The van der Waals surface area contributed by atoms with Crippen LogP contribution in [0.2, 0.25) is 5.02 Å². The third kappa shape index (κ3) is 3.94. The van der Waals surface area contributed by atoms with E-state index in [1.54, 1.807) is 24.3 Å². The summed E-state index contributed by atoms with van der Waals surface area (Å²) in [6.45, 7) is 6.47. The molecule has 0 aliphatic carbocycles. The minimum atomic E-state index is -0.383. The number of carbonyl (C=O) groups is 1. The van der Waals surface area contributed by atoms with Crippen molar-refractivity contribution in [2.45, 2.75) is 27.2 Å². The topological polar surface area (TPSA) is 64.1 Å². The monoisotopic (exact) mass is 369 g/mol. The average molecular weight is 370 g/mol. The molecule has 0 aliphatic heterocycles. The van der Waals surface area contributed by atoms with E-state index >= 15 is 0 Å². The van der Waals surface area contributed by atoms with Crippen LogP contribution in [0.5, 0.6) is 5.88 Å². The first-order valence-electron chi connectivity index (χ1n) is 8.46. The molecule has 1 amide bonds. The Morgan fingerprint density at radius 3 is 2.46 bits per heavy atom. The summed E-state index contributed by atoms with van der Waals surface area (Å²) in [5.41, 5.74) is 4.33. The van der Waals surface area contributed by atoms with E-state index in [2.05, 4.69) is 15.3 Å². The Labute approximate surface area is 157 Å². The Hall–Kier alpha value is -2.66. The molecule has 0 aliphatic rings. The molecule has 0 fully saturated rings. The quantitative estimate of drug-likeness (QED) is 0.691. The molecule has 1 aromatic heterocycles. The van der Waals surface area contributed by atoms with Gasteiger partial charge >= 0.3 is 0 Å². The number of nitrogens with zero attached hydrogens (tertiary/aromatic N) is 2. The third-order valence-corrected chi connectivity index (χ3v) is 4.22.